The van der Waals surface area contributed by atoms with Crippen molar-refractivity contribution in [1.82, 2.24) is 0 Å². The number of thiophene rings is 1. The van der Waals surface area contributed by atoms with Crippen LogP contribution in [0, 0.1) is 0 Å². The molecule has 0 radical (unpaired) electrons. The van der Waals surface area contributed by atoms with E-state index in [2.05, 4.69) is 6.07 Å². The third-order valence-corrected chi connectivity index (χ3v) is 5.77. The maximum Gasteiger partial charge on any atom is 0.346 e. The second kappa shape index (κ2) is 6.46. The third kappa shape index (κ3) is 3.04. The number of primary amides is 1. The summed E-state index contributed by atoms with van der Waals surface area (Å²) in [5.74, 6) is -0.351. The van der Waals surface area contributed by atoms with Crippen molar-refractivity contribution >= 4 is 33.3 Å². The van der Waals surface area contributed by atoms with Crippen LogP contribution in [0.5, 0.6) is 5.75 Å². The number of aromatic carboxylic acids is 1. The van der Waals surface area contributed by atoms with Crippen LogP contribution in [0.1, 0.15) is 49.9 Å². The van der Waals surface area contributed by atoms with Gasteiger partial charge in [-0.1, -0.05) is 12.1 Å². The Kier molecular flexibility index (Phi) is 4.12. The van der Waals surface area contributed by atoms with Gasteiger partial charge in [-0.25, -0.2) is 4.79 Å². The molecule has 0 aliphatic heterocycles. The van der Waals surface area contributed by atoms with E-state index in [4.69, 9.17) is 10.5 Å². The first-order chi connectivity index (χ1) is 12.5. The normalized spacial score (nSPS) is 13.7. The van der Waals surface area contributed by atoms with Gasteiger partial charge in [0.1, 0.15) is 17.2 Å². The van der Waals surface area contributed by atoms with Crippen molar-refractivity contribution in [3.63, 3.8) is 0 Å². The summed E-state index contributed by atoms with van der Waals surface area (Å²) < 4.78 is 6.81. The van der Waals surface area contributed by atoms with E-state index >= 15 is 0 Å². The van der Waals surface area contributed by atoms with Crippen LogP contribution in [-0.4, -0.2) is 17.0 Å². The van der Waals surface area contributed by atoms with Crippen molar-refractivity contribution in [3.05, 3.63) is 64.0 Å². The van der Waals surface area contributed by atoms with Gasteiger partial charge in [0, 0.05) is 21.2 Å². The minimum absolute atomic E-state index is 0.168. The number of hydrogen-bond acceptors (Lipinski definition) is 4. The van der Waals surface area contributed by atoms with Crippen LogP contribution >= 0.6 is 11.3 Å². The van der Waals surface area contributed by atoms with E-state index < -0.39 is 11.9 Å². The highest BCUT2D eigenvalue weighted by Crippen LogP contribution is 2.46. The molecule has 6 heteroatoms. The topological polar surface area (TPSA) is 89.6 Å². The first-order valence-corrected chi connectivity index (χ1v) is 9.16. The summed E-state index contributed by atoms with van der Waals surface area (Å²) in [6.45, 7) is 0.168. The Morgan fingerprint density at radius 3 is 2.50 bits per heavy atom. The lowest BCUT2D eigenvalue weighted by Crippen LogP contribution is -2.10. The molecule has 3 aromatic rings. The third-order valence-electron chi connectivity index (χ3n) is 4.58. The molecule has 3 N–H and O–H groups in total. The summed E-state index contributed by atoms with van der Waals surface area (Å²) in [5, 5.41) is 10.6. The molecule has 0 spiro atoms. The Morgan fingerprint density at radius 1 is 1.15 bits per heavy atom. The van der Waals surface area contributed by atoms with Crippen LogP contribution in [-0.2, 0) is 6.61 Å². The quantitative estimate of drug-likeness (QED) is 0.685. The number of carbonyl (C=O) groups is 2. The average molecular weight is 367 g/mol. The molecule has 5 nitrogen and oxygen atoms in total. The molecule has 1 aliphatic carbocycles. The molecular formula is C20H17NO4S. The zero-order valence-electron chi connectivity index (χ0n) is 13.9. The largest absolute Gasteiger partial charge is 0.489 e. The van der Waals surface area contributed by atoms with Crippen molar-refractivity contribution in [2.24, 2.45) is 5.73 Å². The maximum atomic E-state index is 11.7. The fourth-order valence-electron chi connectivity index (χ4n) is 3.16. The van der Waals surface area contributed by atoms with Gasteiger partial charge in [-0.3, -0.25) is 4.79 Å². The minimum atomic E-state index is -0.935. The fourth-order valence-corrected chi connectivity index (χ4v) is 4.24. The highest BCUT2D eigenvalue weighted by molar-refractivity contribution is 7.21. The summed E-state index contributed by atoms with van der Waals surface area (Å²) in [4.78, 5) is 23.2. The molecule has 1 saturated carbocycles. The second-order valence-electron chi connectivity index (χ2n) is 6.39. The van der Waals surface area contributed by atoms with Crippen LogP contribution in [0.3, 0.4) is 0 Å². The molecule has 0 bridgehead atoms. The lowest BCUT2D eigenvalue weighted by atomic mass is 10.0. The summed E-state index contributed by atoms with van der Waals surface area (Å²) >= 11 is 1.29. The van der Waals surface area contributed by atoms with E-state index in [9.17, 15) is 14.7 Å². The molecule has 4 rings (SSSR count). The molecule has 132 valence electrons. The Bertz CT molecular complexity index is 1000. The van der Waals surface area contributed by atoms with E-state index in [1.54, 1.807) is 24.3 Å². The second-order valence-corrected chi connectivity index (χ2v) is 7.44. The lowest BCUT2D eigenvalue weighted by Gasteiger charge is -2.09. The van der Waals surface area contributed by atoms with E-state index in [0.29, 0.717) is 22.1 Å². The Morgan fingerprint density at radius 2 is 1.88 bits per heavy atom. The molecule has 0 unspecified atom stereocenters. The molecule has 1 aromatic heterocycles. The smallest absolute Gasteiger partial charge is 0.346 e. The van der Waals surface area contributed by atoms with Crippen molar-refractivity contribution in [1.29, 1.82) is 0 Å². The average Bonchev–Trinajstić information content (AvgIpc) is 3.40. The van der Waals surface area contributed by atoms with Crippen LogP contribution < -0.4 is 10.5 Å². The molecule has 26 heavy (non-hydrogen) atoms. The molecule has 0 atom stereocenters. The van der Waals surface area contributed by atoms with E-state index in [1.165, 1.54) is 16.9 Å². The lowest BCUT2D eigenvalue weighted by molar-refractivity contribution is 0.0699. The SMILES string of the molecule is NC(=O)c1ccc(OCc2c(C(=O)O)sc3cccc(C4CC4)c23)cc1. The number of carboxylic acids is 1. The number of hydrogen-bond donors (Lipinski definition) is 2. The number of benzene rings is 2. The Balaban J connectivity index is 1.69. The van der Waals surface area contributed by atoms with Crippen LogP contribution in [0.25, 0.3) is 10.1 Å². The van der Waals surface area contributed by atoms with Gasteiger partial charge >= 0.3 is 5.97 Å². The zero-order chi connectivity index (χ0) is 18.3. The molecule has 1 aliphatic rings. The van der Waals surface area contributed by atoms with Crippen molar-refractivity contribution in [3.8, 4) is 5.75 Å². The van der Waals surface area contributed by atoms with Gasteiger partial charge in [0.25, 0.3) is 0 Å². The summed E-state index contributed by atoms with van der Waals surface area (Å²) in [5.41, 5.74) is 7.58. The van der Waals surface area contributed by atoms with E-state index in [0.717, 1.165) is 28.5 Å². The highest BCUT2D eigenvalue weighted by atomic mass is 32.1. The predicted molar refractivity (Wildman–Crippen MR) is 100 cm³/mol. The van der Waals surface area contributed by atoms with Crippen molar-refractivity contribution in [2.45, 2.75) is 25.4 Å². The van der Waals surface area contributed by atoms with Crippen LogP contribution in [0.4, 0.5) is 0 Å². The molecule has 0 saturated heterocycles. The van der Waals surface area contributed by atoms with Gasteiger partial charge < -0.3 is 15.6 Å². The fraction of sp³-hybridized carbons (Fsp3) is 0.200. The molecular weight excluding hydrogens is 350 g/mol. The minimum Gasteiger partial charge on any atom is -0.489 e. The highest BCUT2D eigenvalue weighted by Gasteiger charge is 2.29. The van der Waals surface area contributed by atoms with E-state index in [1.807, 2.05) is 12.1 Å². The van der Waals surface area contributed by atoms with Crippen molar-refractivity contribution in [2.75, 3.05) is 0 Å². The number of fused-ring (bicyclic) bond motifs is 1. The number of rotatable bonds is 6. The molecule has 2 aromatic carbocycles. The monoisotopic (exact) mass is 367 g/mol. The van der Waals surface area contributed by atoms with Gasteiger partial charge in [-0.15, -0.1) is 11.3 Å². The maximum absolute atomic E-state index is 11.7. The number of ether oxygens (including phenoxy) is 1. The standard InChI is InChI=1S/C20H17NO4S/c21-19(22)12-6-8-13(9-7-12)25-10-15-17-14(11-4-5-11)2-1-3-16(17)26-18(15)20(23)24/h1-3,6-9,11H,4-5,10H2,(H2,21,22)(H,23,24). The van der Waals surface area contributed by atoms with E-state index in [-0.39, 0.29) is 6.61 Å². The number of amides is 1. The van der Waals surface area contributed by atoms with Gasteiger partial charge in [-0.2, -0.15) is 0 Å². The summed E-state index contributed by atoms with van der Waals surface area (Å²) in [7, 11) is 0. The first-order valence-electron chi connectivity index (χ1n) is 8.35. The molecule has 1 fully saturated rings. The predicted octanol–water partition coefficient (Wildman–Crippen LogP) is 4.15. The first kappa shape index (κ1) is 16.6. The number of carboxylic acid groups (broad SMARTS) is 1. The van der Waals surface area contributed by atoms with Gasteiger partial charge in [0.2, 0.25) is 5.91 Å². The zero-order valence-corrected chi connectivity index (χ0v) is 14.7. The van der Waals surface area contributed by atoms with Crippen molar-refractivity contribution < 1.29 is 19.4 Å². The summed E-state index contributed by atoms with van der Waals surface area (Å²) in [6, 6.07) is 12.6. The summed E-state index contributed by atoms with van der Waals surface area (Å²) in [6.07, 6.45) is 2.29. The van der Waals surface area contributed by atoms with Gasteiger partial charge in [0.15, 0.2) is 0 Å². The van der Waals surface area contributed by atoms with Crippen LogP contribution in [0.15, 0.2) is 42.5 Å². The van der Waals surface area contributed by atoms with Crippen LogP contribution in [0.2, 0.25) is 0 Å². The molecule has 1 amide bonds. The Labute approximate surface area is 154 Å². The van der Waals surface area contributed by atoms with Gasteiger partial charge in [-0.05, 0) is 54.7 Å². The molecule has 1 heterocycles. The Hall–Kier alpha value is -2.86. The number of carbonyl (C=O) groups excluding carboxylic acids is 1. The van der Waals surface area contributed by atoms with Gasteiger partial charge in [0.05, 0.1) is 0 Å². The number of nitrogens with two attached hydrogens (primary N) is 1.